The van der Waals surface area contributed by atoms with Gasteiger partial charge >= 0.3 is 0 Å². The predicted octanol–water partition coefficient (Wildman–Crippen LogP) is 0.794. The van der Waals surface area contributed by atoms with Gasteiger partial charge in [0.15, 0.2) is 0 Å². The van der Waals surface area contributed by atoms with Crippen LogP contribution in [0.15, 0.2) is 24.5 Å². The van der Waals surface area contributed by atoms with Crippen LogP contribution in [0.5, 0.6) is 0 Å². The van der Waals surface area contributed by atoms with E-state index >= 15 is 0 Å². The maximum absolute atomic E-state index is 11.8. The van der Waals surface area contributed by atoms with Crippen molar-refractivity contribution >= 4 is 5.91 Å². The number of amides is 1. The molecule has 0 aromatic carbocycles. The van der Waals surface area contributed by atoms with Crippen molar-refractivity contribution in [2.45, 2.75) is 19.4 Å². The van der Waals surface area contributed by atoms with Crippen LogP contribution in [0.25, 0.3) is 0 Å². The third-order valence-electron chi connectivity index (χ3n) is 2.78. The van der Waals surface area contributed by atoms with Crippen molar-refractivity contribution < 1.29 is 4.79 Å². The Kier molecular flexibility index (Phi) is 3.88. The van der Waals surface area contributed by atoms with Gasteiger partial charge in [0.05, 0.1) is 6.54 Å². The average molecular weight is 219 g/mol. The van der Waals surface area contributed by atoms with Crippen LogP contribution in [-0.2, 0) is 11.3 Å². The number of rotatable bonds is 2. The van der Waals surface area contributed by atoms with E-state index in [1.54, 1.807) is 12.4 Å². The lowest BCUT2D eigenvalue weighted by atomic mass is 10.2. The van der Waals surface area contributed by atoms with Gasteiger partial charge in [-0.15, -0.1) is 0 Å². The maximum Gasteiger partial charge on any atom is 0.236 e. The Morgan fingerprint density at radius 1 is 1.31 bits per heavy atom. The van der Waals surface area contributed by atoms with E-state index in [1.807, 2.05) is 17.0 Å². The van der Waals surface area contributed by atoms with Gasteiger partial charge in [-0.05, 0) is 37.1 Å². The normalized spacial score (nSPS) is 18.0. The lowest BCUT2D eigenvalue weighted by Crippen LogP contribution is -2.40. The second-order valence-electron chi connectivity index (χ2n) is 4.05. The molecule has 0 aliphatic carbocycles. The zero-order valence-corrected chi connectivity index (χ0v) is 9.35. The van der Waals surface area contributed by atoms with Gasteiger partial charge in [0.25, 0.3) is 0 Å². The van der Waals surface area contributed by atoms with Gasteiger partial charge in [0, 0.05) is 25.5 Å². The minimum absolute atomic E-state index is 0.191. The molecule has 4 heteroatoms. The molecule has 16 heavy (non-hydrogen) atoms. The first-order valence-electron chi connectivity index (χ1n) is 5.73. The first-order chi connectivity index (χ1) is 7.86. The lowest BCUT2D eigenvalue weighted by Gasteiger charge is -2.25. The molecule has 0 saturated carbocycles. The van der Waals surface area contributed by atoms with Crippen molar-refractivity contribution in [3.63, 3.8) is 0 Å². The van der Waals surface area contributed by atoms with Gasteiger partial charge in [0.1, 0.15) is 0 Å². The van der Waals surface area contributed by atoms with E-state index in [4.69, 9.17) is 0 Å². The largest absolute Gasteiger partial charge is 0.337 e. The minimum Gasteiger partial charge on any atom is -0.337 e. The van der Waals surface area contributed by atoms with Crippen LogP contribution in [0.1, 0.15) is 18.4 Å². The minimum atomic E-state index is 0.191. The zero-order chi connectivity index (χ0) is 11.2. The van der Waals surface area contributed by atoms with Crippen molar-refractivity contribution in [2.75, 3.05) is 19.6 Å². The number of carbonyl (C=O) groups is 1. The lowest BCUT2D eigenvalue weighted by molar-refractivity contribution is -0.131. The highest BCUT2D eigenvalue weighted by molar-refractivity contribution is 5.78. The number of aromatic nitrogens is 1. The second-order valence-corrected chi connectivity index (χ2v) is 4.05. The van der Waals surface area contributed by atoms with Crippen molar-refractivity contribution in [3.8, 4) is 0 Å². The smallest absolute Gasteiger partial charge is 0.236 e. The van der Waals surface area contributed by atoms with Crippen LogP contribution in [0, 0.1) is 0 Å². The summed E-state index contributed by atoms with van der Waals surface area (Å²) < 4.78 is 0. The van der Waals surface area contributed by atoms with Gasteiger partial charge < -0.3 is 10.2 Å². The summed E-state index contributed by atoms with van der Waals surface area (Å²) in [5, 5.41) is 3.15. The third kappa shape index (κ3) is 3.03. The first-order valence-corrected chi connectivity index (χ1v) is 5.73. The SMILES string of the molecule is O=C1CNCCCCN1Cc1ccncc1. The van der Waals surface area contributed by atoms with E-state index in [9.17, 15) is 4.79 Å². The van der Waals surface area contributed by atoms with Crippen LogP contribution >= 0.6 is 0 Å². The van der Waals surface area contributed by atoms with Gasteiger partial charge in [-0.1, -0.05) is 0 Å². The van der Waals surface area contributed by atoms with Crippen LogP contribution in [-0.4, -0.2) is 35.4 Å². The summed E-state index contributed by atoms with van der Waals surface area (Å²) in [5.41, 5.74) is 1.14. The fourth-order valence-electron chi connectivity index (χ4n) is 1.86. The molecule has 2 heterocycles. The molecule has 0 unspecified atom stereocenters. The Hall–Kier alpha value is -1.42. The molecule has 0 atom stereocenters. The molecule has 1 N–H and O–H groups in total. The molecule has 1 aliphatic rings. The van der Waals surface area contributed by atoms with E-state index in [-0.39, 0.29) is 5.91 Å². The third-order valence-corrected chi connectivity index (χ3v) is 2.78. The number of nitrogens with zero attached hydrogens (tertiary/aromatic N) is 2. The summed E-state index contributed by atoms with van der Waals surface area (Å²) in [4.78, 5) is 17.7. The summed E-state index contributed by atoms with van der Waals surface area (Å²) in [6.45, 7) is 2.98. The highest BCUT2D eigenvalue weighted by Crippen LogP contribution is 2.06. The summed E-state index contributed by atoms with van der Waals surface area (Å²) in [6, 6.07) is 3.92. The van der Waals surface area contributed by atoms with Gasteiger partial charge in [-0.25, -0.2) is 0 Å². The van der Waals surface area contributed by atoms with Crippen molar-refractivity contribution in [3.05, 3.63) is 30.1 Å². The Labute approximate surface area is 95.7 Å². The molecule has 0 spiro atoms. The van der Waals surface area contributed by atoms with E-state index in [1.165, 1.54) is 0 Å². The molecule has 4 nitrogen and oxygen atoms in total. The number of pyridine rings is 1. The fraction of sp³-hybridized carbons (Fsp3) is 0.500. The number of nitrogens with one attached hydrogen (secondary N) is 1. The molecular formula is C12H17N3O. The van der Waals surface area contributed by atoms with Gasteiger partial charge in [-0.2, -0.15) is 0 Å². The van der Waals surface area contributed by atoms with Crippen molar-refractivity contribution in [1.82, 2.24) is 15.2 Å². The fourth-order valence-corrected chi connectivity index (χ4v) is 1.86. The van der Waals surface area contributed by atoms with E-state index in [0.717, 1.165) is 31.5 Å². The van der Waals surface area contributed by atoms with E-state index < -0.39 is 0 Å². The standard InChI is InChI=1S/C12H17N3O/c16-12-9-14-5-1-2-8-15(12)10-11-3-6-13-7-4-11/h3-4,6-7,14H,1-2,5,8-10H2. The number of hydrogen-bond acceptors (Lipinski definition) is 3. The Bertz CT molecular complexity index is 339. The zero-order valence-electron chi connectivity index (χ0n) is 9.35. The summed E-state index contributed by atoms with van der Waals surface area (Å²) in [5.74, 6) is 0.191. The Morgan fingerprint density at radius 3 is 2.94 bits per heavy atom. The topological polar surface area (TPSA) is 45.2 Å². The molecule has 0 radical (unpaired) electrons. The second kappa shape index (κ2) is 5.61. The van der Waals surface area contributed by atoms with Gasteiger partial charge in [-0.3, -0.25) is 9.78 Å². The van der Waals surface area contributed by atoms with E-state index in [2.05, 4.69) is 10.3 Å². The van der Waals surface area contributed by atoms with Gasteiger partial charge in [0.2, 0.25) is 5.91 Å². The molecule has 0 bridgehead atoms. The van der Waals surface area contributed by atoms with Crippen LogP contribution in [0.4, 0.5) is 0 Å². The number of hydrogen-bond donors (Lipinski definition) is 1. The molecule has 1 saturated heterocycles. The maximum atomic E-state index is 11.8. The molecule has 1 amide bonds. The summed E-state index contributed by atoms with van der Waals surface area (Å²) in [7, 11) is 0. The van der Waals surface area contributed by atoms with Crippen LogP contribution < -0.4 is 5.32 Å². The van der Waals surface area contributed by atoms with Crippen molar-refractivity contribution in [2.24, 2.45) is 0 Å². The highest BCUT2D eigenvalue weighted by atomic mass is 16.2. The predicted molar refractivity (Wildman–Crippen MR) is 61.8 cm³/mol. The van der Waals surface area contributed by atoms with Crippen LogP contribution in [0.2, 0.25) is 0 Å². The highest BCUT2D eigenvalue weighted by Gasteiger charge is 2.14. The average Bonchev–Trinajstić information content (AvgIpc) is 2.30. The van der Waals surface area contributed by atoms with E-state index in [0.29, 0.717) is 13.1 Å². The Morgan fingerprint density at radius 2 is 2.12 bits per heavy atom. The first kappa shape index (κ1) is 11.1. The summed E-state index contributed by atoms with van der Waals surface area (Å²) >= 11 is 0. The molecule has 1 aliphatic heterocycles. The van der Waals surface area contributed by atoms with Crippen LogP contribution in [0.3, 0.4) is 0 Å². The molecule has 1 fully saturated rings. The number of carbonyl (C=O) groups excluding carboxylic acids is 1. The quantitative estimate of drug-likeness (QED) is 0.800. The molecule has 2 rings (SSSR count). The Balaban J connectivity index is 1.98. The molecular weight excluding hydrogens is 202 g/mol. The monoisotopic (exact) mass is 219 g/mol. The summed E-state index contributed by atoms with van der Waals surface area (Å²) in [6.07, 6.45) is 5.74. The molecule has 1 aromatic rings. The molecule has 1 aromatic heterocycles. The molecule has 86 valence electrons. The van der Waals surface area contributed by atoms with Crippen molar-refractivity contribution in [1.29, 1.82) is 0 Å².